The fourth-order valence-electron chi connectivity index (χ4n) is 8.63. The van der Waals surface area contributed by atoms with Crippen molar-refractivity contribution in [3.8, 4) is 11.5 Å². The zero-order valence-electron chi connectivity index (χ0n) is 33.8. The first-order valence-electron chi connectivity index (χ1n) is 21.2. The van der Waals surface area contributed by atoms with Gasteiger partial charge in [-0.3, -0.25) is 0 Å². The average molecular weight is 709 g/mol. The molecule has 0 bridgehead atoms. The molecule has 0 aliphatic rings. The Labute approximate surface area is 307 Å². The minimum atomic E-state index is -1.29. The van der Waals surface area contributed by atoms with E-state index in [1.165, 1.54) is 149 Å². The van der Waals surface area contributed by atoms with Gasteiger partial charge in [0, 0.05) is 5.41 Å². The maximum absolute atomic E-state index is 11.0. The summed E-state index contributed by atoms with van der Waals surface area (Å²) in [6, 6.07) is 24.5. The van der Waals surface area contributed by atoms with E-state index in [-0.39, 0.29) is 5.41 Å². The minimum Gasteiger partial charge on any atom is -0.508 e. The van der Waals surface area contributed by atoms with Gasteiger partial charge in [0.1, 0.15) is 11.5 Å². The summed E-state index contributed by atoms with van der Waals surface area (Å²) in [5, 5.41) is 22.0. The molecule has 0 fully saturated rings. The predicted octanol–water partition coefficient (Wildman–Crippen LogP) is 15.0. The SMILES string of the molecule is CCCC[Si](CCCC)(CCCC)CCCc1cc(C(C)(C)c2ccc(O)c(CCC[Si](CCCC)(CCCC)CCCC)c2)ccc1O. The van der Waals surface area contributed by atoms with E-state index in [0.717, 1.165) is 24.0 Å². The standard InChI is InChI=1S/C45H80O2Si2/c1-9-15-29-48(30-16-10-2,31-17-11-3)35-21-23-39-37-41(25-27-43(39)46)45(7,8)42-26-28-44(47)40(38-42)24-22-36-49(32-18-12-4,33-19-13-5)34-20-14-6/h25-28,37-38,46-47H,9-24,29-36H2,1-8H3. The van der Waals surface area contributed by atoms with Crippen LogP contribution in [0, 0.1) is 0 Å². The first kappa shape index (κ1) is 43.6. The zero-order valence-corrected chi connectivity index (χ0v) is 35.8. The van der Waals surface area contributed by atoms with Crippen LogP contribution in [0.5, 0.6) is 11.5 Å². The van der Waals surface area contributed by atoms with E-state index >= 15 is 0 Å². The van der Waals surface area contributed by atoms with Gasteiger partial charge in [-0.05, 0) is 47.2 Å². The lowest BCUT2D eigenvalue weighted by Crippen LogP contribution is -2.34. The number of benzene rings is 2. The molecule has 0 saturated heterocycles. The highest BCUT2D eigenvalue weighted by molar-refractivity contribution is 6.80. The molecular weight excluding hydrogens is 629 g/mol. The second-order valence-corrected chi connectivity index (χ2v) is 26.6. The summed E-state index contributed by atoms with van der Waals surface area (Å²) in [5.41, 5.74) is 4.53. The van der Waals surface area contributed by atoms with Crippen LogP contribution in [-0.2, 0) is 18.3 Å². The van der Waals surface area contributed by atoms with E-state index in [2.05, 4.69) is 79.7 Å². The van der Waals surface area contributed by atoms with Crippen molar-refractivity contribution in [1.82, 2.24) is 0 Å². The fourth-order valence-corrected chi connectivity index (χ4v) is 20.1. The summed E-state index contributed by atoms with van der Waals surface area (Å²) in [6.45, 7) is 18.7. The quantitative estimate of drug-likeness (QED) is 0.0864. The lowest BCUT2D eigenvalue weighted by atomic mass is 9.76. The van der Waals surface area contributed by atoms with Gasteiger partial charge < -0.3 is 10.2 Å². The topological polar surface area (TPSA) is 40.5 Å². The van der Waals surface area contributed by atoms with Crippen molar-refractivity contribution in [2.45, 2.75) is 212 Å². The van der Waals surface area contributed by atoms with Gasteiger partial charge in [0.05, 0.1) is 16.1 Å². The largest absolute Gasteiger partial charge is 0.508 e. The fraction of sp³-hybridized carbons (Fsp3) is 0.733. The van der Waals surface area contributed by atoms with Crippen LogP contribution in [0.4, 0.5) is 0 Å². The molecule has 2 N–H and O–H groups in total. The van der Waals surface area contributed by atoms with Crippen LogP contribution in [0.15, 0.2) is 36.4 Å². The molecule has 0 amide bonds. The molecule has 2 aromatic rings. The number of phenolic OH excluding ortho intramolecular Hbond substituents is 2. The Balaban J connectivity index is 2.24. The Morgan fingerprint density at radius 2 is 0.694 bits per heavy atom. The first-order chi connectivity index (χ1) is 23.6. The van der Waals surface area contributed by atoms with Gasteiger partial charge in [-0.2, -0.15) is 0 Å². The number of unbranched alkanes of at least 4 members (excludes halogenated alkanes) is 6. The maximum atomic E-state index is 11.0. The molecule has 4 heteroatoms. The van der Waals surface area contributed by atoms with Gasteiger partial charge >= 0.3 is 0 Å². The highest BCUT2D eigenvalue weighted by Gasteiger charge is 2.32. The number of hydrogen-bond donors (Lipinski definition) is 2. The molecular formula is C45H80O2Si2. The van der Waals surface area contributed by atoms with E-state index in [0.29, 0.717) is 11.5 Å². The van der Waals surface area contributed by atoms with Gasteiger partial charge in [-0.25, -0.2) is 0 Å². The molecule has 0 unspecified atom stereocenters. The lowest BCUT2D eigenvalue weighted by molar-refractivity contribution is 0.465. The molecule has 0 aromatic heterocycles. The Kier molecular flexibility index (Phi) is 20.6. The Hall–Kier alpha value is -1.53. The third kappa shape index (κ3) is 14.2. The Morgan fingerprint density at radius 1 is 0.429 bits per heavy atom. The summed E-state index contributed by atoms with van der Waals surface area (Å²) in [7, 11) is -2.58. The third-order valence-electron chi connectivity index (χ3n) is 12.3. The summed E-state index contributed by atoms with van der Waals surface area (Å²) < 4.78 is 0. The number of aromatic hydroxyl groups is 2. The van der Waals surface area contributed by atoms with Crippen molar-refractivity contribution in [2.24, 2.45) is 0 Å². The molecule has 0 aliphatic carbocycles. The maximum Gasteiger partial charge on any atom is 0.118 e. The van der Waals surface area contributed by atoms with E-state index in [1.807, 2.05) is 12.1 Å². The minimum absolute atomic E-state index is 0.214. The molecule has 0 radical (unpaired) electrons. The summed E-state index contributed by atoms with van der Waals surface area (Å²) >= 11 is 0. The molecule has 0 aliphatic heterocycles. The smallest absolute Gasteiger partial charge is 0.118 e. The van der Waals surface area contributed by atoms with E-state index in [9.17, 15) is 10.2 Å². The van der Waals surface area contributed by atoms with Gasteiger partial charge in [0.15, 0.2) is 0 Å². The predicted molar refractivity (Wildman–Crippen MR) is 224 cm³/mol. The molecule has 2 rings (SSSR count). The first-order valence-corrected chi connectivity index (χ1v) is 26.9. The molecule has 0 atom stereocenters. The van der Waals surface area contributed by atoms with E-state index in [4.69, 9.17) is 0 Å². The molecule has 0 heterocycles. The summed E-state index contributed by atoms with van der Waals surface area (Å²) in [4.78, 5) is 0. The van der Waals surface area contributed by atoms with Gasteiger partial charge in [-0.15, -0.1) is 0 Å². The highest BCUT2D eigenvalue weighted by Crippen LogP contribution is 2.39. The highest BCUT2D eigenvalue weighted by atomic mass is 28.3. The molecule has 49 heavy (non-hydrogen) atoms. The van der Waals surface area contributed by atoms with Gasteiger partial charge in [-0.1, -0.05) is 218 Å². The molecule has 0 spiro atoms. The van der Waals surface area contributed by atoms with E-state index in [1.54, 1.807) is 0 Å². The van der Waals surface area contributed by atoms with Crippen molar-refractivity contribution in [3.05, 3.63) is 58.7 Å². The zero-order chi connectivity index (χ0) is 36.2. The van der Waals surface area contributed by atoms with Crippen molar-refractivity contribution in [3.63, 3.8) is 0 Å². The monoisotopic (exact) mass is 709 g/mol. The molecule has 2 nitrogen and oxygen atoms in total. The number of rotatable bonds is 28. The van der Waals surface area contributed by atoms with Crippen molar-refractivity contribution < 1.29 is 10.2 Å². The van der Waals surface area contributed by atoms with Crippen LogP contribution < -0.4 is 0 Å². The van der Waals surface area contributed by atoms with Crippen LogP contribution in [0.25, 0.3) is 0 Å². The normalized spacial score (nSPS) is 12.6. The second kappa shape index (κ2) is 23.1. The number of phenols is 2. The molecule has 280 valence electrons. The second-order valence-electron chi connectivity index (χ2n) is 16.6. The number of aryl methyl sites for hydroxylation is 2. The molecule has 0 saturated carbocycles. The summed E-state index contributed by atoms with van der Waals surface area (Å²) in [6.07, 6.45) is 20.5. The lowest BCUT2D eigenvalue weighted by Gasteiger charge is -2.33. The summed E-state index contributed by atoms with van der Waals surface area (Å²) in [5.74, 6) is 0.909. The van der Waals surface area contributed by atoms with Crippen LogP contribution in [0.2, 0.25) is 48.4 Å². The van der Waals surface area contributed by atoms with Gasteiger partial charge in [0.25, 0.3) is 0 Å². The van der Waals surface area contributed by atoms with Crippen molar-refractivity contribution >= 4 is 16.1 Å². The van der Waals surface area contributed by atoms with Crippen LogP contribution in [0.3, 0.4) is 0 Å². The average Bonchev–Trinajstić information content (AvgIpc) is 3.10. The van der Waals surface area contributed by atoms with Crippen LogP contribution in [0.1, 0.15) is 168 Å². The Morgan fingerprint density at radius 3 is 0.959 bits per heavy atom. The molecule has 2 aromatic carbocycles. The number of hydrogen-bond acceptors (Lipinski definition) is 2. The van der Waals surface area contributed by atoms with Gasteiger partial charge in [0.2, 0.25) is 0 Å². The Bertz CT molecular complexity index is 1040. The van der Waals surface area contributed by atoms with Crippen molar-refractivity contribution in [1.29, 1.82) is 0 Å². The van der Waals surface area contributed by atoms with E-state index < -0.39 is 16.1 Å². The van der Waals surface area contributed by atoms with Crippen LogP contribution in [-0.4, -0.2) is 26.4 Å². The van der Waals surface area contributed by atoms with Crippen molar-refractivity contribution in [2.75, 3.05) is 0 Å². The third-order valence-corrected chi connectivity index (χ3v) is 23.6. The van der Waals surface area contributed by atoms with Crippen LogP contribution >= 0.6 is 0 Å².